The molecule has 0 aliphatic rings. The van der Waals surface area contributed by atoms with Crippen LogP contribution in [0.5, 0.6) is 0 Å². The van der Waals surface area contributed by atoms with Gasteiger partial charge >= 0.3 is 0 Å². The van der Waals surface area contributed by atoms with Crippen LogP contribution in [0.25, 0.3) is 0 Å². The Morgan fingerprint density at radius 1 is 1.30 bits per heavy atom. The molecule has 1 N–H and O–H groups in total. The lowest BCUT2D eigenvalue weighted by Crippen LogP contribution is -2.26. The third-order valence-electron chi connectivity index (χ3n) is 3.31. The van der Waals surface area contributed by atoms with Gasteiger partial charge < -0.3 is 9.88 Å². The fourth-order valence-electron chi connectivity index (χ4n) is 1.92. The third kappa shape index (κ3) is 3.84. The molecule has 1 heterocycles. The molecule has 1 aromatic heterocycles. The predicted octanol–water partition coefficient (Wildman–Crippen LogP) is 2.21. The van der Waals surface area contributed by atoms with Crippen LogP contribution in [0.3, 0.4) is 0 Å². The fraction of sp³-hybridized carbons (Fsp3) is 0.714. The lowest BCUT2D eigenvalue weighted by atomic mass is 10.3. The van der Waals surface area contributed by atoms with Crippen LogP contribution >= 0.6 is 0 Å². The second-order valence-corrected chi connectivity index (χ2v) is 7.67. The molecule has 0 radical (unpaired) electrons. The topological polar surface area (TPSA) is 54.3 Å². The largest absolute Gasteiger partial charge is 0.346 e. The van der Waals surface area contributed by atoms with Crippen molar-refractivity contribution in [1.82, 2.24) is 14.2 Å². The third-order valence-corrected chi connectivity index (χ3v) is 5.21. The first-order valence-electron chi connectivity index (χ1n) is 7.10. The molecular formula is C14H27N3O2S. The summed E-state index contributed by atoms with van der Waals surface area (Å²) in [6.45, 7) is 11.2. The normalized spacial score (nSPS) is 12.8. The Labute approximate surface area is 123 Å². The maximum Gasteiger partial charge on any atom is 0.244 e. The Hall–Kier alpha value is -0.850. The lowest BCUT2D eigenvalue weighted by Gasteiger charge is -2.14. The summed E-state index contributed by atoms with van der Waals surface area (Å²) in [7, 11) is -1.77. The van der Waals surface area contributed by atoms with E-state index in [0.717, 1.165) is 5.69 Å². The Morgan fingerprint density at radius 2 is 1.90 bits per heavy atom. The SMILES string of the molecule is CCN(C)S(=O)(=O)c1cc(CNC(C)C)n(C(C)C)c1. The van der Waals surface area contributed by atoms with E-state index in [1.807, 2.05) is 11.5 Å². The minimum absolute atomic E-state index is 0.231. The molecule has 5 nitrogen and oxygen atoms in total. The summed E-state index contributed by atoms with van der Waals surface area (Å²) in [5.74, 6) is 0. The van der Waals surface area contributed by atoms with E-state index in [4.69, 9.17) is 0 Å². The van der Waals surface area contributed by atoms with Gasteiger partial charge in [0.25, 0.3) is 0 Å². The van der Waals surface area contributed by atoms with Crippen molar-refractivity contribution in [2.75, 3.05) is 13.6 Å². The summed E-state index contributed by atoms with van der Waals surface area (Å²) >= 11 is 0. The van der Waals surface area contributed by atoms with Crippen molar-refractivity contribution in [2.24, 2.45) is 0 Å². The Morgan fingerprint density at radius 3 is 2.35 bits per heavy atom. The molecule has 0 amide bonds. The highest BCUT2D eigenvalue weighted by atomic mass is 32.2. The maximum atomic E-state index is 12.4. The summed E-state index contributed by atoms with van der Waals surface area (Å²) in [5.41, 5.74) is 0.997. The van der Waals surface area contributed by atoms with Crippen molar-refractivity contribution in [2.45, 2.75) is 58.1 Å². The number of aromatic nitrogens is 1. The van der Waals surface area contributed by atoms with Crippen molar-refractivity contribution in [1.29, 1.82) is 0 Å². The first-order valence-corrected chi connectivity index (χ1v) is 8.54. The molecule has 6 heteroatoms. The smallest absolute Gasteiger partial charge is 0.244 e. The average Bonchev–Trinajstić information content (AvgIpc) is 2.80. The zero-order valence-corrected chi connectivity index (χ0v) is 14.2. The fourth-order valence-corrected chi connectivity index (χ4v) is 3.15. The summed E-state index contributed by atoms with van der Waals surface area (Å²) in [6, 6.07) is 2.37. The highest BCUT2D eigenvalue weighted by Crippen LogP contribution is 2.21. The standard InChI is InChI=1S/C14H27N3O2S/c1-7-16(6)20(18,19)14-8-13(9-15-11(2)3)17(10-14)12(4)5/h8,10-12,15H,7,9H2,1-6H3. The lowest BCUT2D eigenvalue weighted by molar-refractivity contribution is 0.485. The van der Waals surface area contributed by atoms with Gasteiger partial charge in [-0.15, -0.1) is 0 Å². The van der Waals surface area contributed by atoms with E-state index >= 15 is 0 Å². The molecule has 20 heavy (non-hydrogen) atoms. The average molecular weight is 301 g/mol. The van der Waals surface area contributed by atoms with Gasteiger partial charge in [-0.25, -0.2) is 12.7 Å². The minimum atomic E-state index is -3.38. The van der Waals surface area contributed by atoms with Crippen molar-refractivity contribution in [3.8, 4) is 0 Å². The van der Waals surface area contributed by atoms with E-state index in [-0.39, 0.29) is 6.04 Å². The van der Waals surface area contributed by atoms with Gasteiger partial charge in [0.1, 0.15) is 4.90 Å². The zero-order chi connectivity index (χ0) is 15.5. The van der Waals surface area contributed by atoms with Gasteiger partial charge in [0.05, 0.1) is 0 Å². The van der Waals surface area contributed by atoms with Gasteiger partial charge in [-0.3, -0.25) is 0 Å². The molecule has 0 saturated carbocycles. The molecule has 116 valence electrons. The molecule has 0 saturated heterocycles. The van der Waals surface area contributed by atoms with Gasteiger partial charge in [0.2, 0.25) is 10.0 Å². The monoisotopic (exact) mass is 301 g/mol. The zero-order valence-electron chi connectivity index (χ0n) is 13.3. The van der Waals surface area contributed by atoms with Gasteiger partial charge in [-0.1, -0.05) is 20.8 Å². The summed E-state index contributed by atoms with van der Waals surface area (Å²) < 4.78 is 28.2. The Kier molecular flexibility index (Phi) is 5.79. The van der Waals surface area contributed by atoms with Crippen LogP contribution < -0.4 is 5.32 Å². The van der Waals surface area contributed by atoms with E-state index in [1.54, 1.807) is 19.3 Å². The second-order valence-electron chi connectivity index (χ2n) is 5.62. The van der Waals surface area contributed by atoms with E-state index in [2.05, 4.69) is 33.0 Å². The van der Waals surface area contributed by atoms with Gasteiger partial charge in [-0.2, -0.15) is 0 Å². The quantitative estimate of drug-likeness (QED) is 0.840. The van der Waals surface area contributed by atoms with Crippen molar-refractivity contribution in [3.05, 3.63) is 18.0 Å². The van der Waals surface area contributed by atoms with E-state index in [9.17, 15) is 8.42 Å². The van der Waals surface area contributed by atoms with Gasteiger partial charge in [0.15, 0.2) is 0 Å². The number of nitrogens with one attached hydrogen (secondary N) is 1. The van der Waals surface area contributed by atoms with Crippen LogP contribution in [-0.2, 0) is 16.6 Å². The molecule has 0 aliphatic heterocycles. The molecule has 0 unspecified atom stereocenters. The number of hydrogen-bond donors (Lipinski definition) is 1. The van der Waals surface area contributed by atoms with Crippen molar-refractivity contribution < 1.29 is 8.42 Å². The molecule has 0 aliphatic carbocycles. The van der Waals surface area contributed by atoms with Gasteiger partial charge in [-0.05, 0) is 19.9 Å². The highest BCUT2D eigenvalue weighted by molar-refractivity contribution is 7.89. The second kappa shape index (κ2) is 6.74. The van der Waals surface area contributed by atoms with Crippen LogP contribution in [-0.4, -0.2) is 36.9 Å². The van der Waals surface area contributed by atoms with E-state index in [0.29, 0.717) is 24.0 Å². The number of sulfonamides is 1. The minimum Gasteiger partial charge on any atom is -0.346 e. The predicted molar refractivity (Wildman–Crippen MR) is 82.3 cm³/mol. The van der Waals surface area contributed by atoms with Crippen LogP contribution in [0, 0.1) is 0 Å². The first-order chi connectivity index (χ1) is 9.20. The number of nitrogens with zero attached hydrogens (tertiary/aromatic N) is 2. The van der Waals surface area contributed by atoms with Gasteiger partial charge in [0, 0.05) is 44.1 Å². The molecular weight excluding hydrogens is 274 g/mol. The molecule has 0 fully saturated rings. The molecule has 1 aromatic rings. The van der Waals surface area contributed by atoms with Crippen molar-refractivity contribution in [3.63, 3.8) is 0 Å². The summed E-state index contributed by atoms with van der Waals surface area (Å²) in [6.07, 6.45) is 1.74. The molecule has 0 spiro atoms. The molecule has 0 aromatic carbocycles. The number of rotatable bonds is 7. The molecule has 0 atom stereocenters. The van der Waals surface area contributed by atoms with Crippen LogP contribution in [0.4, 0.5) is 0 Å². The maximum absolute atomic E-state index is 12.4. The van der Waals surface area contributed by atoms with Crippen LogP contribution in [0.1, 0.15) is 46.4 Å². The number of hydrogen-bond acceptors (Lipinski definition) is 3. The Bertz CT molecular complexity index is 533. The summed E-state index contributed by atoms with van der Waals surface area (Å²) in [5, 5.41) is 3.34. The molecule has 0 bridgehead atoms. The van der Waals surface area contributed by atoms with Crippen LogP contribution in [0.15, 0.2) is 17.2 Å². The van der Waals surface area contributed by atoms with E-state index < -0.39 is 10.0 Å². The highest BCUT2D eigenvalue weighted by Gasteiger charge is 2.23. The molecule has 1 rings (SSSR count). The van der Waals surface area contributed by atoms with Crippen LogP contribution in [0.2, 0.25) is 0 Å². The van der Waals surface area contributed by atoms with E-state index in [1.165, 1.54) is 4.31 Å². The first kappa shape index (κ1) is 17.2. The Balaban J connectivity index is 3.15. The summed E-state index contributed by atoms with van der Waals surface area (Å²) in [4.78, 5) is 0.371. The van der Waals surface area contributed by atoms with Crippen molar-refractivity contribution >= 4 is 10.0 Å².